The molecule has 0 radical (unpaired) electrons. The van der Waals surface area contributed by atoms with Crippen molar-refractivity contribution >= 4 is 35.1 Å². The molecule has 2 heterocycles. The van der Waals surface area contributed by atoms with E-state index in [1.165, 1.54) is 0 Å². The van der Waals surface area contributed by atoms with Crippen LogP contribution in [0.5, 0.6) is 0 Å². The summed E-state index contributed by atoms with van der Waals surface area (Å²) in [7, 11) is 0. The van der Waals surface area contributed by atoms with Crippen LogP contribution in [0.2, 0.25) is 0 Å². The Morgan fingerprint density at radius 1 is 0.977 bits per heavy atom. The molecule has 1 aromatic heterocycles. The van der Waals surface area contributed by atoms with Crippen LogP contribution in [0, 0.1) is 6.92 Å². The largest absolute Gasteiger partial charge is 0.373 e. The van der Waals surface area contributed by atoms with E-state index in [2.05, 4.69) is 46.4 Å². The van der Waals surface area contributed by atoms with E-state index >= 15 is 0 Å². The molecule has 1 fully saturated rings. The molecule has 44 heavy (non-hydrogen) atoms. The number of nitrogens with zero attached hydrogens (tertiary/aromatic N) is 4. The number of nitrogens with one attached hydrogen (secondary N) is 2. The highest BCUT2D eigenvalue weighted by Gasteiger charge is 2.24. The van der Waals surface area contributed by atoms with E-state index in [4.69, 9.17) is 16.2 Å². The van der Waals surface area contributed by atoms with Gasteiger partial charge in [-0.2, -0.15) is 15.0 Å². The number of ether oxygens (including phenoxy) is 1. The lowest BCUT2D eigenvalue weighted by Crippen LogP contribution is -2.48. The van der Waals surface area contributed by atoms with Crippen LogP contribution in [0.1, 0.15) is 52.6 Å². The van der Waals surface area contributed by atoms with Crippen molar-refractivity contribution < 1.29 is 14.3 Å². The van der Waals surface area contributed by atoms with Crippen molar-refractivity contribution in [3.63, 3.8) is 0 Å². The van der Waals surface area contributed by atoms with Gasteiger partial charge in [0.05, 0.1) is 12.7 Å². The summed E-state index contributed by atoms with van der Waals surface area (Å²) in [5, 5.41) is 6.15. The summed E-state index contributed by atoms with van der Waals surface area (Å²) in [4.78, 5) is 41.0. The average Bonchev–Trinajstić information content (AvgIpc) is 3.01. The van der Waals surface area contributed by atoms with Gasteiger partial charge in [-0.05, 0) is 65.9 Å². The molecule has 5 rings (SSSR count). The molecule has 11 nitrogen and oxygen atoms in total. The second kappa shape index (κ2) is 12.8. The molecule has 1 saturated heterocycles. The molecule has 1 unspecified atom stereocenters. The molecule has 1 atom stereocenters. The fraction of sp³-hybridized carbons (Fsp3) is 0.303. The fourth-order valence-electron chi connectivity index (χ4n) is 4.95. The Bertz CT molecular complexity index is 1650. The summed E-state index contributed by atoms with van der Waals surface area (Å²) in [6.45, 7) is 10.1. The van der Waals surface area contributed by atoms with Crippen molar-refractivity contribution in [3.8, 4) is 11.4 Å². The minimum absolute atomic E-state index is 0.000609. The summed E-state index contributed by atoms with van der Waals surface area (Å²) in [6.07, 6.45) is -0.150. The van der Waals surface area contributed by atoms with Crippen LogP contribution < -0.4 is 22.1 Å². The van der Waals surface area contributed by atoms with Crippen molar-refractivity contribution in [2.24, 2.45) is 5.73 Å². The minimum Gasteiger partial charge on any atom is -0.373 e. The first kappa shape index (κ1) is 30.6. The van der Waals surface area contributed by atoms with Gasteiger partial charge in [0.15, 0.2) is 5.82 Å². The standard InChI is InChI=1S/C33H38N8O3/c1-20-26(6-5-7-27(20)37-29(42)21-8-12-23(13-9-21)33(2,3)4)28-38-31(35)40-32(39-28)36-24-14-10-22(11-15-24)30(43)41-16-17-44-25(18-34)19-41/h5-15,25H,16-19,34H2,1-4H3,(H,37,42)(H3,35,36,38,39,40). The van der Waals surface area contributed by atoms with Crippen molar-refractivity contribution in [1.29, 1.82) is 0 Å². The first-order valence-corrected chi connectivity index (χ1v) is 14.5. The van der Waals surface area contributed by atoms with E-state index in [0.717, 1.165) is 11.1 Å². The van der Waals surface area contributed by atoms with Crippen LogP contribution in [0.25, 0.3) is 11.4 Å². The van der Waals surface area contributed by atoms with Crippen LogP contribution in [0.3, 0.4) is 0 Å². The van der Waals surface area contributed by atoms with Crippen LogP contribution in [0.4, 0.5) is 23.3 Å². The zero-order valence-electron chi connectivity index (χ0n) is 25.4. The van der Waals surface area contributed by atoms with Crippen molar-refractivity contribution in [2.45, 2.75) is 39.2 Å². The monoisotopic (exact) mass is 594 g/mol. The number of carbonyl (C=O) groups is 2. The maximum absolute atomic E-state index is 13.1. The molecular weight excluding hydrogens is 556 g/mol. The van der Waals surface area contributed by atoms with E-state index in [1.54, 1.807) is 29.2 Å². The van der Waals surface area contributed by atoms with Gasteiger partial charge in [-0.1, -0.05) is 45.0 Å². The topological polar surface area (TPSA) is 161 Å². The Morgan fingerprint density at radius 3 is 2.36 bits per heavy atom. The molecule has 1 aliphatic rings. The van der Waals surface area contributed by atoms with E-state index in [9.17, 15) is 9.59 Å². The van der Waals surface area contributed by atoms with E-state index in [-0.39, 0.29) is 35.2 Å². The minimum atomic E-state index is -0.210. The summed E-state index contributed by atoms with van der Waals surface area (Å²) < 4.78 is 5.57. The summed E-state index contributed by atoms with van der Waals surface area (Å²) in [5.74, 6) is 0.362. The van der Waals surface area contributed by atoms with Gasteiger partial charge in [-0.25, -0.2) is 0 Å². The molecular formula is C33H38N8O3. The first-order valence-electron chi connectivity index (χ1n) is 14.5. The van der Waals surface area contributed by atoms with E-state index in [1.807, 2.05) is 49.4 Å². The maximum Gasteiger partial charge on any atom is 0.255 e. The number of hydrogen-bond acceptors (Lipinski definition) is 9. The lowest BCUT2D eigenvalue weighted by Gasteiger charge is -2.32. The number of nitrogens with two attached hydrogens (primary N) is 2. The molecule has 0 spiro atoms. The predicted molar refractivity (Wildman–Crippen MR) is 172 cm³/mol. The Kier molecular flexibility index (Phi) is 8.88. The first-order chi connectivity index (χ1) is 21.0. The Morgan fingerprint density at radius 2 is 1.68 bits per heavy atom. The third kappa shape index (κ3) is 7.01. The Labute approximate surface area is 257 Å². The van der Waals surface area contributed by atoms with Crippen LogP contribution in [-0.4, -0.2) is 64.0 Å². The quantitative estimate of drug-likeness (QED) is 0.241. The van der Waals surface area contributed by atoms with Gasteiger partial charge < -0.3 is 31.7 Å². The lowest BCUT2D eigenvalue weighted by atomic mass is 9.86. The summed E-state index contributed by atoms with van der Waals surface area (Å²) in [6, 6.07) is 20.2. The zero-order valence-corrected chi connectivity index (χ0v) is 25.4. The van der Waals surface area contributed by atoms with Gasteiger partial charge >= 0.3 is 0 Å². The number of nitrogen functional groups attached to an aromatic ring is 1. The lowest BCUT2D eigenvalue weighted by molar-refractivity contribution is -0.0167. The molecule has 6 N–H and O–H groups in total. The van der Waals surface area contributed by atoms with Crippen LogP contribution >= 0.6 is 0 Å². The molecule has 4 aromatic rings. The van der Waals surface area contributed by atoms with Crippen LogP contribution in [0.15, 0.2) is 66.7 Å². The number of carbonyl (C=O) groups excluding carboxylic acids is 2. The second-order valence-electron chi connectivity index (χ2n) is 11.8. The SMILES string of the molecule is Cc1c(NC(=O)c2ccc(C(C)(C)C)cc2)cccc1-c1nc(N)nc(Nc2ccc(C(=O)N3CCOC(CN)C3)cc2)n1. The highest BCUT2D eigenvalue weighted by molar-refractivity contribution is 6.05. The van der Waals surface area contributed by atoms with Gasteiger partial charge in [-0.3, -0.25) is 9.59 Å². The van der Waals surface area contributed by atoms with Gasteiger partial charge in [0, 0.05) is 47.7 Å². The molecule has 0 aliphatic carbocycles. The van der Waals surface area contributed by atoms with Gasteiger partial charge in [-0.15, -0.1) is 0 Å². The predicted octanol–water partition coefficient (Wildman–Crippen LogP) is 4.52. The van der Waals surface area contributed by atoms with Crippen molar-refractivity contribution in [3.05, 3.63) is 89.0 Å². The second-order valence-corrected chi connectivity index (χ2v) is 11.8. The molecule has 1 aliphatic heterocycles. The number of hydrogen-bond donors (Lipinski definition) is 4. The fourth-order valence-corrected chi connectivity index (χ4v) is 4.95. The van der Waals surface area contributed by atoms with Gasteiger partial charge in [0.1, 0.15) is 0 Å². The molecule has 0 saturated carbocycles. The molecule has 3 aromatic carbocycles. The summed E-state index contributed by atoms with van der Waals surface area (Å²) in [5.41, 5.74) is 16.9. The van der Waals surface area contributed by atoms with Gasteiger partial charge in [0.25, 0.3) is 11.8 Å². The van der Waals surface area contributed by atoms with Gasteiger partial charge in [0.2, 0.25) is 11.9 Å². The number of aromatic nitrogens is 3. The third-order valence-electron chi connectivity index (χ3n) is 7.57. The summed E-state index contributed by atoms with van der Waals surface area (Å²) >= 11 is 0. The van der Waals surface area contributed by atoms with Crippen LogP contribution in [-0.2, 0) is 10.2 Å². The Hall–Kier alpha value is -4.87. The molecule has 0 bridgehead atoms. The van der Waals surface area contributed by atoms with Crippen molar-refractivity contribution in [2.75, 3.05) is 42.6 Å². The third-order valence-corrected chi connectivity index (χ3v) is 7.57. The number of anilines is 4. The highest BCUT2D eigenvalue weighted by Crippen LogP contribution is 2.29. The number of rotatable bonds is 7. The molecule has 2 amide bonds. The van der Waals surface area contributed by atoms with E-state index < -0.39 is 0 Å². The molecule has 11 heteroatoms. The smallest absolute Gasteiger partial charge is 0.255 e. The number of amides is 2. The average molecular weight is 595 g/mol. The van der Waals surface area contributed by atoms with E-state index in [0.29, 0.717) is 60.1 Å². The van der Waals surface area contributed by atoms with Crippen molar-refractivity contribution in [1.82, 2.24) is 19.9 Å². The molecule has 228 valence electrons. The zero-order chi connectivity index (χ0) is 31.4. The highest BCUT2D eigenvalue weighted by atomic mass is 16.5. The Balaban J connectivity index is 1.30. The normalized spacial score (nSPS) is 15.1. The number of morpholine rings is 1. The maximum atomic E-state index is 13.1. The number of benzene rings is 3.